The molecule has 9 rings (SSSR count). The molecular formula is C51H37N. The zero-order valence-corrected chi connectivity index (χ0v) is 29.1. The SMILES string of the molecule is CN(c1ccccc1)c1ccc(-c2cccc(-c3ccc4c5ccccc5c5ccccc5c4c3)c2)cc1/C(=C/c1ccccc1)c1ccccc1. The molecule has 1 nitrogen and oxygen atoms in total. The minimum absolute atomic E-state index is 1.14. The molecule has 0 bridgehead atoms. The van der Waals surface area contributed by atoms with Crippen LogP contribution in [0.25, 0.3) is 66.2 Å². The summed E-state index contributed by atoms with van der Waals surface area (Å²) in [5, 5.41) is 7.75. The van der Waals surface area contributed by atoms with Gasteiger partial charge in [-0.15, -0.1) is 0 Å². The lowest BCUT2D eigenvalue weighted by Gasteiger charge is -2.25. The second-order valence-corrected chi connectivity index (χ2v) is 13.4. The topological polar surface area (TPSA) is 3.24 Å². The summed E-state index contributed by atoms with van der Waals surface area (Å²) in [6, 6.07) is 72.4. The standard InChI is InChI=1S/C51H37N/c1-52(42-22-9-4-10-23-42)51-31-29-41(35-50(51)48(37-18-7-3-8-19-37)32-36-16-5-2-6-17-36)39-21-15-20-38(33-39)40-28-30-47-45-26-12-11-24-43(45)44-25-13-14-27-46(44)49(47)34-40/h2-35H,1H3/b48-32+. The molecule has 0 unspecified atom stereocenters. The third-order valence-corrected chi connectivity index (χ3v) is 10.3. The van der Waals surface area contributed by atoms with Crippen LogP contribution in [0.2, 0.25) is 0 Å². The van der Waals surface area contributed by atoms with E-state index < -0.39 is 0 Å². The molecule has 0 aliphatic rings. The van der Waals surface area contributed by atoms with Crippen molar-refractivity contribution in [1.29, 1.82) is 0 Å². The molecule has 9 aromatic rings. The molecule has 0 aromatic heterocycles. The maximum atomic E-state index is 2.38. The van der Waals surface area contributed by atoms with Gasteiger partial charge in [0.1, 0.15) is 0 Å². The summed E-state index contributed by atoms with van der Waals surface area (Å²) in [5.74, 6) is 0. The van der Waals surface area contributed by atoms with E-state index in [2.05, 4.69) is 218 Å². The fraction of sp³-hybridized carbons (Fsp3) is 0.0196. The van der Waals surface area contributed by atoms with E-state index in [9.17, 15) is 0 Å². The monoisotopic (exact) mass is 663 g/mol. The molecule has 0 aliphatic carbocycles. The number of rotatable bonds is 7. The van der Waals surface area contributed by atoms with Crippen LogP contribution in [-0.2, 0) is 0 Å². The van der Waals surface area contributed by atoms with Crippen molar-refractivity contribution in [1.82, 2.24) is 0 Å². The van der Waals surface area contributed by atoms with Crippen LogP contribution in [0.4, 0.5) is 11.4 Å². The largest absolute Gasteiger partial charge is 0.344 e. The van der Waals surface area contributed by atoms with E-state index in [1.165, 1.54) is 76.8 Å². The highest BCUT2D eigenvalue weighted by Gasteiger charge is 2.17. The first-order valence-corrected chi connectivity index (χ1v) is 17.9. The van der Waals surface area contributed by atoms with E-state index in [0.29, 0.717) is 0 Å². The van der Waals surface area contributed by atoms with Crippen molar-refractivity contribution in [2.45, 2.75) is 0 Å². The van der Waals surface area contributed by atoms with Crippen molar-refractivity contribution in [2.24, 2.45) is 0 Å². The van der Waals surface area contributed by atoms with Crippen molar-refractivity contribution in [3.63, 3.8) is 0 Å². The molecule has 0 spiro atoms. The van der Waals surface area contributed by atoms with Crippen molar-refractivity contribution in [3.05, 3.63) is 217 Å². The van der Waals surface area contributed by atoms with Crippen molar-refractivity contribution >= 4 is 55.3 Å². The number of benzene rings is 9. The molecule has 1 heteroatoms. The highest BCUT2D eigenvalue weighted by Crippen LogP contribution is 2.41. The van der Waals surface area contributed by atoms with Crippen LogP contribution >= 0.6 is 0 Å². The predicted molar refractivity (Wildman–Crippen MR) is 224 cm³/mol. The molecule has 0 fully saturated rings. The second kappa shape index (κ2) is 13.5. The number of hydrogen-bond acceptors (Lipinski definition) is 1. The highest BCUT2D eigenvalue weighted by molar-refractivity contribution is 6.25. The van der Waals surface area contributed by atoms with E-state index >= 15 is 0 Å². The van der Waals surface area contributed by atoms with Crippen molar-refractivity contribution < 1.29 is 0 Å². The van der Waals surface area contributed by atoms with Gasteiger partial charge in [0, 0.05) is 24.0 Å². The predicted octanol–water partition coefficient (Wildman–Crippen LogP) is 13.8. The van der Waals surface area contributed by atoms with Crippen LogP contribution in [0.5, 0.6) is 0 Å². The first-order chi connectivity index (χ1) is 25.7. The average Bonchev–Trinajstić information content (AvgIpc) is 3.23. The maximum absolute atomic E-state index is 2.38. The van der Waals surface area contributed by atoms with Gasteiger partial charge in [0.2, 0.25) is 0 Å². The van der Waals surface area contributed by atoms with Gasteiger partial charge in [0.05, 0.1) is 0 Å². The Labute approximate surface area is 305 Å². The Kier molecular flexibility index (Phi) is 8.15. The summed E-state index contributed by atoms with van der Waals surface area (Å²) in [4.78, 5) is 2.29. The Morgan fingerprint density at radius 1 is 0.385 bits per heavy atom. The molecule has 0 saturated heterocycles. The smallest absolute Gasteiger partial charge is 0.0488 e. The van der Waals surface area contributed by atoms with Crippen molar-refractivity contribution in [3.8, 4) is 22.3 Å². The van der Waals surface area contributed by atoms with Crippen LogP contribution < -0.4 is 4.90 Å². The molecule has 0 radical (unpaired) electrons. The van der Waals surface area contributed by atoms with Gasteiger partial charge in [-0.05, 0) is 114 Å². The molecule has 0 saturated carbocycles. The van der Waals surface area contributed by atoms with Crippen LogP contribution in [0, 0.1) is 0 Å². The minimum Gasteiger partial charge on any atom is -0.344 e. The van der Waals surface area contributed by atoms with E-state index in [-0.39, 0.29) is 0 Å². The summed E-state index contributed by atoms with van der Waals surface area (Å²) >= 11 is 0. The molecule has 9 aromatic carbocycles. The summed E-state index contributed by atoms with van der Waals surface area (Å²) in [6.07, 6.45) is 2.32. The van der Waals surface area contributed by atoms with Gasteiger partial charge in [-0.1, -0.05) is 164 Å². The zero-order chi connectivity index (χ0) is 34.9. The Bertz CT molecular complexity index is 2690. The van der Waals surface area contributed by atoms with Crippen LogP contribution in [-0.4, -0.2) is 7.05 Å². The van der Waals surface area contributed by atoms with E-state index in [4.69, 9.17) is 0 Å². The third kappa shape index (κ3) is 5.83. The molecule has 0 atom stereocenters. The molecule has 52 heavy (non-hydrogen) atoms. The Morgan fingerprint density at radius 3 is 1.50 bits per heavy atom. The average molecular weight is 664 g/mol. The van der Waals surface area contributed by atoms with Gasteiger partial charge in [0.25, 0.3) is 0 Å². The fourth-order valence-electron chi connectivity index (χ4n) is 7.63. The molecule has 0 aliphatic heterocycles. The van der Waals surface area contributed by atoms with Gasteiger partial charge < -0.3 is 4.90 Å². The van der Waals surface area contributed by atoms with E-state index in [0.717, 1.165) is 11.4 Å². The second-order valence-electron chi connectivity index (χ2n) is 13.4. The van der Waals surface area contributed by atoms with E-state index in [1.807, 2.05) is 0 Å². The van der Waals surface area contributed by atoms with Gasteiger partial charge in [-0.25, -0.2) is 0 Å². The van der Waals surface area contributed by atoms with E-state index in [1.54, 1.807) is 0 Å². The van der Waals surface area contributed by atoms with Crippen LogP contribution in [0.3, 0.4) is 0 Å². The molecular weight excluding hydrogens is 627 g/mol. The Balaban J connectivity index is 1.20. The molecule has 0 amide bonds. The van der Waals surface area contributed by atoms with Crippen LogP contribution in [0.1, 0.15) is 16.7 Å². The van der Waals surface area contributed by atoms with Crippen LogP contribution in [0.15, 0.2) is 200 Å². The lowest BCUT2D eigenvalue weighted by molar-refractivity contribution is 1.20. The van der Waals surface area contributed by atoms with Gasteiger partial charge in [0.15, 0.2) is 0 Å². The Hall–Kier alpha value is -6.70. The van der Waals surface area contributed by atoms with Gasteiger partial charge in [-0.2, -0.15) is 0 Å². The molecule has 0 heterocycles. The normalized spacial score (nSPS) is 11.7. The quantitative estimate of drug-likeness (QED) is 0.121. The van der Waals surface area contributed by atoms with Gasteiger partial charge >= 0.3 is 0 Å². The molecule has 0 N–H and O–H groups in total. The minimum atomic E-state index is 1.14. The maximum Gasteiger partial charge on any atom is 0.0488 e. The summed E-state index contributed by atoms with van der Waals surface area (Å²) in [5.41, 5.74) is 11.8. The van der Waals surface area contributed by atoms with Gasteiger partial charge in [-0.3, -0.25) is 0 Å². The zero-order valence-electron chi connectivity index (χ0n) is 29.1. The third-order valence-electron chi connectivity index (χ3n) is 10.3. The lowest BCUT2D eigenvalue weighted by Crippen LogP contribution is -2.12. The highest BCUT2D eigenvalue weighted by atomic mass is 15.1. The Morgan fingerprint density at radius 2 is 0.865 bits per heavy atom. The number of fused-ring (bicyclic) bond motifs is 6. The number of para-hydroxylation sites is 1. The number of anilines is 2. The fourth-order valence-corrected chi connectivity index (χ4v) is 7.63. The summed E-state index contributed by atoms with van der Waals surface area (Å²) in [6.45, 7) is 0. The van der Waals surface area contributed by atoms with Crippen molar-refractivity contribution in [2.75, 3.05) is 11.9 Å². The first kappa shape index (κ1) is 31.3. The summed E-state index contributed by atoms with van der Waals surface area (Å²) < 4.78 is 0. The lowest BCUT2D eigenvalue weighted by atomic mass is 9.90. The number of nitrogens with zero attached hydrogens (tertiary/aromatic N) is 1. The molecule has 246 valence electrons. The first-order valence-electron chi connectivity index (χ1n) is 17.9. The summed E-state index contributed by atoms with van der Waals surface area (Å²) in [7, 11) is 2.16. The number of hydrogen-bond donors (Lipinski definition) is 0.